The molecule has 3 aromatic carbocycles. The maximum absolute atomic E-state index is 12.8. The minimum Gasteiger partial charge on any atom is -0.307 e. The minimum absolute atomic E-state index is 0.264. The number of anilines is 2. The van der Waals surface area contributed by atoms with Gasteiger partial charge in [-0.25, -0.2) is 4.79 Å². The molecule has 0 atom stereocenters. The van der Waals surface area contributed by atoms with Crippen LogP contribution in [0.15, 0.2) is 72.8 Å². The van der Waals surface area contributed by atoms with Crippen molar-refractivity contribution >= 4 is 28.4 Å². The lowest BCUT2D eigenvalue weighted by Crippen LogP contribution is -2.20. The average molecular weight is 424 g/mol. The Kier molecular flexibility index (Phi) is 5.37. The molecule has 0 spiro atoms. The molecule has 0 aliphatic heterocycles. The molecule has 0 saturated heterocycles. The summed E-state index contributed by atoms with van der Waals surface area (Å²) in [6.07, 6.45) is -4.38. The molecule has 1 heterocycles. The van der Waals surface area contributed by atoms with Crippen LogP contribution >= 0.6 is 0 Å². The van der Waals surface area contributed by atoms with Crippen LogP contribution in [-0.4, -0.2) is 15.8 Å². The molecule has 2 N–H and O–H groups in total. The number of hydrogen-bond acceptors (Lipinski definition) is 2. The summed E-state index contributed by atoms with van der Waals surface area (Å²) in [7, 11) is 0. The number of carbonyl (C=O) groups is 1. The third-order valence-corrected chi connectivity index (χ3v) is 4.90. The van der Waals surface area contributed by atoms with Gasteiger partial charge in [-0.15, -0.1) is 0 Å². The van der Waals surface area contributed by atoms with E-state index in [0.717, 1.165) is 28.6 Å². The van der Waals surface area contributed by atoms with Crippen molar-refractivity contribution in [3.63, 3.8) is 0 Å². The number of hydrogen-bond donors (Lipinski definition) is 2. The van der Waals surface area contributed by atoms with E-state index in [1.807, 2.05) is 49.4 Å². The van der Waals surface area contributed by atoms with Gasteiger partial charge in [0.05, 0.1) is 17.6 Å². The number of nitrogens with zero attached hydrogens (tertiary/aromatic N) is 2. The third kappa shape index (κ3) is 4.53. The Morgan fingerprint density at radius 1 is 0.935 bits per heavy atom. The number of para-hydroxylation sites is 2. The van der Waals surface area contributed by atoms with Crippen molar-refractivity contribution in [2.24, 2.45) is 0 Å². The number of aryl methyl sites for hydroxylation is 1. The standard InChI is InChI=1S/C23H19F3N4O/c1-15-6-2-4-8-19(15)27-22(31)28-21-18-7-3-5-9-20(18)30(29-21)14-16-10-12-17(13-11-16)23(24,25)26/h2-13H,14H2,1H3,(H2,27,28,29,31). The first kappa shape index (κ1) is 20.5. The van der Waals surface area contributed by atoms with Crippen LogP contribution in [0.5, 0.6) is 0 Å². The van der Waals surface area contributed by atoms with Gasteiger partial charge in [0.1, 0.15) is 0 Å². The van der Waals surface area contributed by atoms with Crippen LogP contribution in [0.1, 0.15) is 16.7 Å². The molecule has 4 rings (SSSR count). The van der Waals surface area contributed by atoms with Gasteiger partial charge < -0.3 is 5.32 Å². The number of rotatable bonds is 4. The van der Waals surface area contributed by atoms with Gasteiger partial charge in [0.25, 0.3) is 0 Å². The largest absolute Gasteiger partial charge is 0.416 e. The number of halogens is 3. The van der Waals surface area contributed by atoms with E-state index >= 15 is 0 Å². The molecule has 5 nitrogen and oxygen atoms in total. The van der Waals surface area contributed by atoms with Crippen molar-refractivity contribution < 1.29 is 18.0 Å². The van der Waals surface area contributed by atoms with E-state index in [9.17, 15) is 18.0 Å². The summed E-state index contributed by atoms with van der Waals surface area (Å²) in [4.78, 5) is 12.5. The van der Waals surface area contributed by atoms with Crippen molar-refractivity contribution in [1.29, 1.82) is 0 Å². The molecule has 8 heteroatoms. The molecule has 31 heavy (non-hydrogen) atoms. The van der Waals surface area contributed by atoms with E-state index in [0.29, 0.717) is 17.1 Å². The summed E-state index contributed by atoms with van der Waals surface area (Å²) >= 11 is 0. The normalized spacial score (nSPS) is 11.5. The molecule has 0 radical (unpaired) electrons. The fourth-order valence-electron chi connectivity index (χ4n) is 3.29. The van der Waals surface area contributed by atoms with Crippen LogP contribution in [0.3, 0.4) is 0 Å². The summed E-state index contributed by atoms with van der Waals surface area (Å²) in [6.45, 7) is 2.16. The fourth-order valence-corrected chi connectivity index (χ4v) is 3.29. The predicted molar refractivity (Wildman–Crippen MR) is 114 cm³/mol. The highest BCUT2D eigenvalue weighted by molar-refractivity contribution is 6.04. The molecular formula is C23H19F3N4O. The molecule has 0 fully saturated rings. The highest BCUT2D eigenvalue weighted by Crippen LogP contribution is 2.29. The average Bonchev–Trinajstić information content (AvgIpc) is 3.07. The number of amides is 2. The Bertz CT molecular complexity index is 1230. The van der Waals surface area contributed by atoms with Gasteiger partial charge in [0.2, 0.25) is 0 Å². The third-order valence-electron chi connectivity index (χ3n) is 4.90. The van der Waals surface area contributed by atoms with E-state index in [1.165, 1.54) is 12.1 Å². The number of nitrogens with one attached hydrogen (secondary N) is 2. The molecule has 158 valence electrons. The van der Waals surface area contributed by atoms with Gasteiger partial charge in [-0.2, -0.15) is 18.3 Å². The van der Waals surface area contributed by atoms with Gasteiger partial charge in [0, 0.05) is 11.1 Å². The molecule has 0 unspecified atom stereocenters. The highest BCUT2D eigenvalue weighted by Gasteiger charge is 2.30. The molecule has 0 aliphatic carbocycles. The van der Waals surface area contributed by atoms with Gasteiger partial charge in [0.15, 0.2) is 5.82 Å². The zero-order valence-electron chi connectivity index (χ0n) is 16.6. The second kappa shape index (κ2) is 8.14. The number of urea groups is 1. The molecule has 4 aromatic rings. The summed E-state index contributed by atoms with van der Waals surface area (Å²) in [5.74, 6) is 0.369. The summed E-state index contributed by atoms with van der Waals surface area (Å²) in [5, 5.41) is 10.8. The summed E-state index contributed by atoms with van der Waals surface area (Å²) < 4.78 is 40.0. The first-order valence-corrected chi connectivity index (χ1v) is 9.56. The minimum atomic E-state index is -4.38. The van der Waals surface area contributed by atoms with Gasteiger partial charge in [-0.1, -0.05) is 42.5 Å². The van der Waals surface area contributed by atoms with Crippen molar-refractivity contribution in [2.45, 2.75) is 19.6 Å². The first-order chi connectivity index (χ1) is 14.8. The number of aromatic nitrogens is 2. The van der Waals surface area contributed by atoms with Gasteiger partial charge >= 0.3 is 12.2 Å². The molecule has 0 aliphatic rings. The second-order valence-electron chi connectivity index (χ2n) is 7.11. The van der Waals surface area contributed by atoms with Crippen LogP contribution in [0, 0.1) is 6.92 Å². The Morgan fingerprint density at radius 2 is 1.61 bits per heavy atom. The molecular weight excluding hydrogens is 405 g/mol. The predicted octanol–water partition coefficient (Wildman–Crippen LogP) is 6.06. The van der Waals surface area contributed by atoms with Gasteiger partial charge in [-0.05, 0) is 48.4 Å². The maximum Gasteiger partial charge on any atom is 0.416 e. The second-order valence-corrected chi connectivity index (χ2v) is 7.11. The van der Waals surface area contributed by atoms with E-state index in [-0.39, 0.29) is 6.54 Å². The quantitative estimate of drug-likeness (QED) is 0.419. The zero-order chi connectivity index (χ0) is 22.0. The van der Waals surface area contributed by atoms with E-state index in [4.69, 9.17) is 0 Å². The number of alkyl halides is 3. The van der Waals surface area contributed by atoms with Crippen LogP contribution in [0.25, 0.3) is 10.9 Å². The molecule has 0 bridgehead atoms. The Hall–Kier alpha value is -3.81. The monoisotopic (exact) mass is 424 g/mol. The number of carbonyl (C=O) groups excluding carboxylic acids is 1. The zero-order valence-corrected chi connectivity index (χ0v) is 16.6. The lowest BCUT2D eigenvalue weighted by atomic mass is 10.1. The number of fused-ring (bicyclic) bond motifs is 1. The lowest BCUT2D eigenvalue weighted by Gasteiger charge is -2.09. The van der Waals surface area contributed by atoms with Crippen molar-refractivity contribution in [2.75, 3.05) is 10.6 Å². The number of benzene rings is 3. The molecule has 1 aromatic heterocycles. The van der Waals surface area contributed by atoms with Crippen LogP contribution in [0.2, 0.25) is 0 Å². The van der Waals surface area contributed by atoms with Crippen LogP contribution in [0.4, 0.5) is 29.5 Å². The van der Waals surface area contributed by atoms with Gasteiger partial charge in [-0.3, -0.25) is 10.00 Å². The lowest BCUT2D eigenvalue weighted by molar-refractivity contribution is -0.137. The van der Waals surface area contributed by atoms with E-state index < -0.39 is 17.8 Å². The Balaban J connectivity index is 1.57. The fraction of sp³-hybridized carbons (Fsp3) is 0.130. The summed E-state index contributed by atoms with van der Waals surface area (Å²) in [5.41, 5.74) is 2.34. The Labute approximate surface area is 176 Å². The topological polar surface area (TPSA) is 59.0 Å². The molecule has 0 saturated carbocycles. The van der Waals surface area contributed by atoms with E-state index in [1.54, 1.807) is 10.7 Å². The highest BCUT2D eigenvalue weighted by atomic mass is 19.4. The first-order valence-electron chi connectivity index (χ1n) is 9.56. The van der Waals surface area contributed by atoms with Crippen LogP contribution in [-0.2, 0) is 12.7 Å². The van der Waals surface area contributed by atoms with Crippen molar-refractivity contribution in [3.05, 3.63) is 89.5 Å². The summed E-state index contributed by atoms with van der Waals surface area (Å²) in [6, 6.07) is 19.3. The SMILES string of the molecule is Cc1ccccc1NC(=O)Nc1nn(Cc2ccc(C(F)(F)F)cc2)c2ccccc12. The van der Waals surface area contributed by atoms with Crippen molar-refractivity contribution in [1.82, 2.24) is 9.78 Å². The van der Waals surface area contributed by atoms with E-state index in [2.05, 4.69) is 15.7 Å². The van der Waals surface area contributed by atoms with Crippen LogP contribution < -0.4 is 10.6 Å². The Morgan fingerprint density at radius 3 is 2.32 bits per heavy atom. The maximum atomic E-state index is 12.8. The molecule has 2 amide bonds. The smallest absolute Gasteiger partial charge is 0.307 e. The van der Waals surface area contributed by atoms with Crippen molar-refractivity contribution in [3.8, 4) is 0 Å².